The molecule has 2 unspecified atom stereocenters. The molecule has 4 heteroatoms. The summed E-state index contributed by atoms with van der Waals surface area (Å²) in [5.74, 6) is 2.56. The Morgan fingerprint density at radius 3 is 2.67 bits per heavy atom. The fourth-order valence-corrected chi connectivity index (χ4v) is 2.69. The fraction of sp³-hybridized carbons (Fsp3) is 0.571. The zero-order chi connectivity index (χ0) is 12.5. The topological polar surface area (TPSA) is 39.7 Å². The van der Waals surface area contributed by atoms with Gasteiger partial charge in [-0.05, 0) is 19.0 Å². The number of hydrogen-bond donors (Lipinski definition) is 1. The molecule has 1 N–H and O–H groups in total. The molecule has 0 saturated heterocycles. The lowest BCUT2D eigenvalue weighted by atomic mass is 10.00. The number of hydrogen-bond acceptors (Lipinski definition) is 4. The smallest absolute Gasteiger partial charge is 0.231 e. The van der Waals surface area contributed by atoms with E-state index in [9.17, 15) is 0 Å². The van der Waals surface area contributed by atoms with Crippen LogP contribution in [0.2, 0.25) is 0 Å². The average Bonchev–Trinajstić information content (AvgIpc) is 2.93. The van der Waals surface area contributed by atoms with E-state index in [4.69, 9.17) is 14.2 Å². The summed E-state index contributed by atoms with van der Waals surface area (Å²) in [4.78, 5) is 0. The molecular formula is C14H19NO3. The highest BCUT2D eigenvalue weighted by atomic mass is 16.7. The van der Waals surface area contributed by atoms with Crippen LogP contribution in [0.1, 0.15) is 38.3 Å². The molecule has 0 fully saturated rings. The summed E-state index contributed by atoms with van der Waals surface area (Å²) >= 11 is 0. The van der Waals surface area contributed by atoms with Crippen molar-refractivity contribution in [2.45, 2.75) is 38.8 Å². The van der Waals surface area contributed by atoms with Crippen molar-refractivity contribution in [3.63, 3.8) is 0 Å². The van der Waals surface area contributed by atoms with E-state index in [2.05, 4.69) is 25.2 Å². The van der Waals surface area contributed by atoms with Crippen LogP contribution in [0.25, 0.3) is 0 Å². The van der Waals surface area contributed by atoms with Crippen molar-refractivity contribution in [1.82, 2.24) is 5.32 Å². The average molecular weight is 249 g/mol. The highest BCUT2D eigenvalue weighted by Crippen LogP contribution is 2.46. The van der Waals surface area contributed by atoms with Gasteiger partial charge in [-0.15, -0.1) is 0 Å². The Balaban J connectivity index is 1.93. The van der Waals surface area contributed by atoms with Crippen LogP contribution in [0.4, 0.5) is 0 Å². The van der Waals surface area contributed by atoms with Gasteiger partial charge in [-0.1, -0.05) is 20.3 Å². The standard InChI is InChI=1S/C14H19NO3/c1-3-5-10-14(15-4-2)9-6-12-13(17-8-16-12)7-11(9)18-10/h6-7,10,14-15H,3-5,8H2,1-2H3. The molecule has 0 bridgehead atoms. The number of likely N-dealkylation sites (N-methyl/N-ethyl adjacent to an activating group) is 1. The van der Waals surface area contributed by atoms with Crippen molar-refractivity contribution >= 4 is 0 Å². The summed E-state index contributed by atoms with van der Waals surface area (Å²) in [5, 5.41) is 3.51. The number of rotatable bonds is 4. The molecule has 2 atom stereocenters. The van der Waals surface area contributed by atoms with Gasteiger partial charge in [0.25, 0.3) is 0 Å². The summed E-state index contributed by atoms with van der Waals surface area (Å²) in [5.41, 5.74) is 1.19. The van der Waals surface area contributed by atoms with Gasteiger partial charge in [0.05, 0.1) is 6.04 Å². The van der Waals surface area contributed by atoms with E-state index in [-0.39, 0.29) is 12.1 Å². The number of fused-ring (bicyclic) bond motifs is 2. The molecule has 0 radical (unpaired) electrons. The Bertz CT molecular complexity index is 447. The second kappa shape index (κ2) is 4.69. The maximum atomic E-state index is 6.04. The molecule has 98 valence electrons. The van der Waals surface area contributed by atoms with Gasteiger partial charge in [0.1, 0.15) is 11.9 Å². The molecule has 1 aromatic rings. The Kier molecular flexibility index (Phi) is 3.04. The molecule has 2 heterocycles. The predicted molar refractivity (Wildman–Crippen MR) is 68.3 cm³/mol. The van der Waals surface area contributed by atoms with E-state index >= 15 is 0 Å². The van der Waals surface area contributed by atoms with Crippen molar-refractivity contribution in [3.8, 4) is 17.2 Å². The molecule has 4 nitrogen and oxygen atoms in total. The summed E-state index contributed by atoms with van der Waals surface area (Å²) in [6.07, 6.45) is 2.39. The zero-order valence-electron chi connectivity index (χ0n) is 10.9. The van der Waals surface area contributed by atoms with Crippen molar-refractivity contribution in [2.75, 3.05) is 13.3 Å². The monoisotopic (exact) mass is 249 g/mol. The lowest BCUT2D eigenvalue weighted by Crippen LogP contribution is -2.30. The summed E-state index contributed by atoms with van der Waals surface area (Å²) < 4.78 is 16.9. The summed E-state index contributed by atoms with van der Waals surface area (Å²) in [7, 11) is 0. The molecule has 1 aromatic carbocycles. The summed E-state index contributed by atoms with van der Waals surface area (Å²) in [6, 6.07) is 4.28. The van der Waals surface area contributed by atoms with E-state index in [0.29, 0.717) is 6.79 Å². The van der Waals surface area contributed by atoms with E-state index < -0.39 is 0 Å². The van der Waals surface area contributed by atoms with Crippen molar-refractivity contribution < 1.29 is 14.2 Å². The van der Waals surface area contributed by atoms with Gasteiger partial charge in [0, 0.05) is 11.6 Å². The minimum atomic E-state index is 0.215. The fourth-order valence-electron chi connectivity index (χ4n) is 2.69. The highest BCUT2D eigenvalue weighted by Gasteiger charge is 2.35. The second-order valence-electron chi connectivity index (χ2n) is 4.72. The molecule has 0 aliphatic carbocycles. The highest BCUT2D eigenvalue weighted by molar-refractivity contribution is 5.54. The van der Waals surface area contributed by atoms with Crippen LogP contribution in [0.15, 0.2) is 12.1 Å². The molecule has 0 saturated carbocycles. The van der Waals surface area contributed by atoms with Gasteiger partial charge in [0.15, 0.2) is 11.5 Å². The Morgan fingerprint density at radius 1 is 1.17 bits per heavy atom. The number of benzene rings is 1. The van der Waals surface area contributed by atoms with Gasteiger partial charge in [-0.2, -0.15) is 0 Å². The van der Waals surface area contributed by atoms with E-state index in [1.807, 2.05) is 6.07 Å². The maximum Gasteiger partial charge on any atom is 0.231 e. The van der Waals surface area contributed by atoms with Crippen LogP contribution in [0.5, 0.6) is 17.2 Å². The Labute approximate surface area is 107 Å². The van der Waals surface area contributed by atoms with Crippen LogP contribution in [-0.4, -0.2) is 19.4 Å². The second-order valence-corrected chi connectivity index (χ2v) is 4.72. The molecular weight excluding hydrogens is 230 g/mol. The minimum Gasteiger partial charge on any atom is -0.488 e. The van der Waals surface area contributed by atoms with E-state index in [1.165, 1.54) is 5.56 Å². The van der Waals surface area contributed by atoms with Crippen LogP contribution in [-0.2, 0) is 0 Å². The van der Waals surface area contributed by atoms with Crippen molar-refractivity contribution in [3.05, 3.63) is 17.7 Å². The third-order valence-electron chi connectivity index (χ3n) is 3.49. The van der Waals surface area contributed by atoms with Crippen LogP contribution in [0, 0.1) is 0 Å². The molecule has 3 rings (SSSR count). The minimum absolute atomic E-state index is 0.215. The first-order valence-electron chi connectivity index (χ1n) is 6.67. The first-order valence-corrected chi connectivity index (χ1v) is 6.67. The van der Waals surface area contributed by atoms with E-state index in [1.54, 1.807) is 0 Å². The summed E-state index contributed by atoms with van der Waals surface area (Å²) in [6.45, 7) is 5.54. The predicted octanol–water partition coefficient (Wildman–Crippen LogP) is 2.63. The van der Waals surface area contributed by atoms with Crippen LogP contribution >= 0.6 is 0 Å². The largest absolute Gasteiger partial charge is 0.488 e. The molecule has 2 aliphatic heterocycles. The molecule has 0 aromatic heterocycles. The first-order chi connectivity index (χ1) is 8.83. The van der Waals surface area contributed by atoms with Crippen molar-refractivity contribution in [1.29, 1.82) is 0 Å². The zero-order valence-corrected chi connectivity index (χ0v) is 10.9. The van der Waals surface area contributed by atoms with Crippen molar-refractivity contribution in [2.24, 2.45) is 0 Å². The third-order valence-corrected chi connectivity index (χ3v) is 3.49. The van der Waals surface area contributed by atoms with Gasteiger partial charge in [-0.3, -0.25) is 0 Å². The Hall–Kier alpha value is -1.42. The van der Waals surface area contributed by atoms with Gasteiger partial charge < -0.3 is 19.5 Å². The number of ether oxygens (including phenoxy) is 3. The molecule has 0 amide bonds. The SMILES string of the molecule is CCCC1Oc2cc3c(cc2C1NCC)OCO3. The normalized spacial score (nSPS) is 23.9. The van der Waals surface area contributed by atoms with Gasteiger partial charge in [0.2, 0.25) is 6.79 Å². The van der Waals surface area contributed by atoms with E-state index in [0.717, 1.165) is 36.6 Å². The molecule has 0 spiro atoms. The number of nitrogens with one attached hydrogen (secondary N) is 1. The molecule has 2 aliphatic rings. The molecule has 18 heavy (non-hydrogen) atoms. The third kappa shape index (κ3) is 1.81. The van der Waals surface area contributed by atoms with Gasteiger partial charge in [-0.25, -0.2) is 0 Å². The quantitative estimate of drug-likeness (QED) is 0.890. The maximum absolute atomic E-state index is 6.04. The van der Waals surface area contributed by atoms with Gasteiger partial charge >= 0.3 is 0 Å². The first kappa shape index (κ1) is 11.7. The lowest BCUT2D eigenvalue weighted by molar-refractivity contribution is 0.169. The lowest BCUT2D eigenvalue weighted by Gasteiger charge is -2.19. The Morgan fingerprint density at radius 2 is 1.94 bits per heavy atom. The van der Waals surface area contributed by atoms with Crippen LogP contribution in [0.3, 0.4) is 0 Å². The van der Waals surface area contributed by atoms with Crippen LogP contribution < -0.4 is 19.5 Å².